The summed E-state index contributed by atoms with van der Waals surface area (Å²) in [6.45, 7) is 2.40. The van der Waals surface area contributed by atoms with Crippen molar-refractivity contribution in [1.82, 2.24) is 0 Å². The first kappa shape index (κ1) is 22.1. The maximum atomic E-state index is 11.0. The van der Waals surface area contributed by atoms with E-state index in [0.29, 0.717) is 12.0 Å². The number of carboxylic acids is 1. The van der Waals surface area contributed by atoms with Crippen molar-refractivity contribution >= 4 is 5.97 Å². The number of hydrogen-bond acceptors (Lipinski definition) is 2. The molecule has 0 aromatic heterocycles. The van der Waals surface area contributed by atoms with Crippen molar-refractivity contribution < 1.29 is 45.6 Å². The first-order chi connectivity index (χ1) is 12.6. The van der Waals surface area contributed by atoms with Crippen molar-refractivity contribution in [3.63, 3.8) is 0 Å². The van der Waals surface area contributed by atoms with E-state index in [1.54, 1.807) is 6.92 Å². The monoisotopic (exact) mass is 376 g/mol. The van der Waals surface area contributed by atoms with E-state index in [2.05, 4.69) is 17.9 Å². The zero-order chi connectivity index (χ0) is 18.4. The van der Waals surface area contributed by atoms with Crippen LogP contribution < -0.4 is 34.3 Å². The minimum Gasteiger partial charge on any atom is -1.00 e. The van der Waals surface area contributed by atoms with E-state index in [-0.39, 0.29) is 43.3 Å². The molecule has 1 aromatic rings. The van der Waals surface area contributed by atoms with Gasteiger partial charge in [0.05, 0.1) is 12.3 Å². The Balaban J connectivity index is 0.00000196. The fraction of sp³-hybridized carbons (Fsp3) is 0.522. The molecule has 1 atom stereocenters. The summed E-state index contributed by atoms with van der Waals surface area (Å²) < 4.78 is 5.98. The van der Waals surface area contributed by atoms with Crippen molar-refractivity contribution in [2.45, 2.75) is 64.2 Å². The van der Waals surface area contributed by atoms with Gasteiger partial charge in [-0.15, -0.1) is 5.92 Å². The molecule has 1 spiro atoms. The molecule has 4 heteroatoms. The first-order valence-corrected chi connectivity index (χ1v) is 9.65. The number of allylic oxidation sites excluding steroid dienone is 1. The topological polar surface area (TPSA) is 46.5 Å². The van der Waals surface area contributed by atoms with Gasteiger partial charge in [0.25, 0.3) is 0 Å². The zero-order valence-corrected chi connectivity index (χ0v) is 18.6. The maximum Gasteiger partial charge on any atom is 1.00 e. The number of hydrogen-bond donors (Lipinski definition) is 1. The largest absolute Gasteiger partial charge is 1.00 e. The predicted octanol–water partition coefficient (Wildman–Crippen LogP) is 2.43. The molecule has 27 heavy (non-hydrogen) atoms. The van der Waals surface area contributed by atoms with Crippen LogP contribution in [0.15, 0.2) is 35.9 Å². The Labute approximate surface area is 186 Å². The minimum atomic E-state index is -0.831. The Morgan fingerprint density at radius 3 is 2.59 bits per heavy atom. The summed E-state index contributed by atoms with van der Waals surface area (Å²) in [6.07, 6.45) is 11.7. The molecule has 140 valence electrons. The smallest absolute Gasteiger partial charge is 1.00 e. The van der Waals surface area contributed by atoms with Gasteiger partial charge >= 0.3 is 35.5 Å². The van der Waals surface area contributed by atoms with Gasteiger partial charge in [-0.1, -0.05) is 43.4 Å². The van der Waals surface area contributed by atoms with Crippen LogP contribution in [0.25, 0.3) is 0 Å². The third-order valence-corrected chi connectivity index (χ3v) is 5.74. The van der Waals surface area contributed by atoms with Crippen LogP contribution in [-0.2, 0) is 4.79 Å². The molecule has 1 N–H and O–H groups in total. The van der Waals surface area contributed by atoms with Crippen molar-refractivity contribution in [2.75, 3.05) is 6.61 Å². The third kappa shape index (κ3) is 6.14. The van der Waals surface area contributed by atoms with Crippen molar-refractivity contribution in [2.24, 2.45) is 5.41 Å². The molecule has 1 aromatic carbocycles. The number of ether oxygens (including phenoxy) is 1. The minimum absolute atomic E-state index is 0. The Morgan fingerprint density at radius 1 is 1.26 bits per heavy atom. The molecule has 1 fully saturated rings. The Morgan fingerprint density at radius 2 is 1.96 bits per heavy atom. The normalized spacial score (nSPS) is 18.6. The summed E-state index contributed by atoms with van der Waals surface area (Å²) >= 11 is 0. The average Bonchev–Trinajstić information content (AvgIpc) is 3.03. The summed E-state index contributed by atoms with van der Waals surface area (Å²) in [6, 6.07) is 7.71. The van der Waals surface area contributed by atoms with Gasteiger partial charge in [-0.3, -0.25) is 4.79 Å². The van der Waals surface area contributed by atoms with Gasteiger partial charge in [0.15, 0.2) is 0 Å². The quantitative estimate of drug-likeness (QED) is 0.471. The van der Waals surface area contributed by atoms with Crippen LogP contribution in [0, 0.1) is 17.3 Å². The van der Waals surface area contributed by atoms with E-state index in [9.17, 15) is 4.79 Å². The molecule has 0 heterocycles. The Kier molecular flexibility index (Phi) is 8.48. The molecule has 0 radical (unpaired) electrons. The van der Waals surface area contributed by atoms with Crippen molar-refractivity contribution in [1.29, 1.82) is 0 Å². The van der Waals surface area contributed by atoms with Crippen LogP contribution in [0.5, 0.6) is 5.75 Å². The van der Waals surface area contributed by atoms with E-state index in [4.69, 9.17) is 9.84 Å². The van der Waals surface area contributed by atoms with Crippen molar-refractivity contribution in [3.05, 3.63) is 41.5 Å². The zero-order valence-electron chi connectivity index (χ0n) is 17.6. The number of aliphatic carboxylic acids is 1. The van der Waals surface area contributed by atoms with E-state index >= 15 is 0 Å². The summed E-state index contributed by atoms with van der Waals surface area (Å²) in [5.74, 6) is 5.54. The Bertz CT molecular complexity index is 724. The fourth-order valence-corrected chi connectivity index (χ4v) is 4.35. The molecule has 2 aliphatic rings. The van der Waals surface area contributed by atoms with Crippen LogP contribution >= 0.6 is 0 Å². The number of carbonyl (C=O) groups is 1. The molecule has 2 aliphatic carbocycles. The molecule has 0 aliphatic heterocycles. The fourth-order valence-electron chi connectivity index (χ4n) is 4.35. The Hall–Kier alpha value is -1.21. The molecule has 3 nitrogen and oxygen atoms in total. The van der Waals surface area contributed by atoms with Gasteiger partial charge in [0, 0.05) is 0 Å². The molecule has 0 unspecified atom stereocenters. The first-order valence-electron chi connectivity index (χ1n) is 9.65. The molecular formula is C23H29NaO3. The van der Waals surface area contributed by atoms with Gasteiger partial charge in [-0.2, -0.15) is 0 Å². The summed E-state index contributed by atoms with van der Waals surface area (Å²) in [7, 11) is 0. The van der Waals surface area contributed by atoms with E-state index < -0.39 is 5.97 Å². The van der Waals surface area contributed by atoms with Crippen LogP contribution in [0.4, 0.5) is 0 Å². The second kappa shape index (κ2) is 10.4. The number of benzene rings is 1. The van der Waals surface area contributed by atoms with Gasteiger partial charge in [0.2, 0.25) is 0 Å². The summed E-state index contributed by atoms with van der Waals surface area (Å²) in [5, 5.41) is 9.04. The van der Waals surface area contributed by atoms with Crippen LogP contribution in [0.3, 0.4) is 0 Å². The van der Waals surface area contributed by atoms with E-state index in [1.807, 2.05) is 24.3 Å². The standard InChI is InChI=1S/C23H28O3.Na.H/c1-2-6-20(15-22(24)25)19-7-9-21(10-8-19)26-17-18-11-14-23(16-18)12-4-3-5-13-23;;/h7-11,20H,3-5,12-17H2,1H3,(H,24,25);;/q;+1;-1/t20-;;/m0../s1. The van der Waals surface area contributed by atoms with Gasteiger partial charge in [-0.05, 0) is 61.3 Å². The van der Waals surface area contributed by atoms with E-state index in [0.717, 1.165) is 11.3 Å². The molecule has 0 amide bonds. The van der Waals surface area contributed by atoms with Gasteiger partial charge in [-0.25, -0.2) is 0 Å². The molecule has 0 saturated heterocycles. The van der Waals surface area contributed by atoms with Crippen LogP contribution in [0.2, 0.25) is 0 Å². The third-order valence-electron chi connectivity index (χ3n) is 5.74. The number of carboxylic acid groups (broad SMARTS) is 1. The second-order valence-corrected chi connectivity index (χ2v) is 7.71. The second-order valence-electron chi connectivity index (χ2n) is 7.71. The maximum absolute atomic E-state index is 11.0. The van der Waals surface area contributed by atoms with Gasteiger partial charge in [0.1, 0.15) is 12.4 Å². The predicted molar refractivity (Wildman–Crippen MR) is 104 cm³/mol. The molecule has 3 rings (SSSR count). The van der Waals surface area contributed by atoms with Crippen LogP contribution in [-0.4, -0.2) is 17.7 Å². The number of rotatable bonds is 6. The van der Waals surface area contributed by atoms with Crippen LogP contribution in [0.1, 0.15) is 71.2 Å². The molecular weight excluding hydrogens is 347 g/mol. The van der Waals surface area contributed by atoms with Gasteiger partial charge < -0.3 is 11.3 Å². The average molecular weight is 376 g/mol. The van der Waals surface area contributed by atoms with Crippen molar-refractivity contribution in [3.8, 4) is 17.6 Å². The molecule has 0 bridgehead atoms. The summed E-state index contributed by atoms with van der Waals surface area (Å²) in [5.41, 5.74) is 2.89. The molecule has 1 saturated carbocycles. The van der Waals surface area contributed by atoms with E-state index in [1.165, 1.54) is 50.5 Å². The SMILES string of the molecule is CC#C[C@@H](CC(=O)O)c1ccc(OCC2=CCC3(CCCCC3)C2)cc1.[H-].[Na+]. The summed E-state index contributed by atoms with van der Waals surface area (Å²) in [4.78, 5) is 11.0.